The summed E-state index contributed by atoms with van der Waals surface area (Å²) in [4.78, 5) is 12.0. The van der Waals surface area contributed by atoms with E-state index >= 15 is 0 Å². The third-order valence-electron chi connectivity index (χ3n) is 4.09. The van der Waals surface area contributed by atoms with Crippen LogP contribution in [-0.4, -0.2) is 12.5 Å². The van der Waals surface area contributed by atoms with Crippen LogP contribution in [-0.2, 0) is 23.1 Å². The van der Waals surface area contributed by atoms with Crippen molar-refractivity contribution in [1.29, 1.82) is 0 Å². The molecule has 2 rings (SSSR count). The summed E-state index contributed by atoms with van der Waals surface area (Å²) in [5.41, 5.74) is 3.82. The summed E-state index contributed by atoms with van der Waals surface area (Å²) in [6.07, 6.45) is 2.09. The number of benzene rings is 2. The van der Waals surface area contributed by atoms with Crippen LogP contribution >= 0.6 is 11.6 Å². The van der Waals surface area contributed by atoms with Crippen LogP contribution in [0.1, 0.15) is 43.9 Å². The minimum Gasteiger partial charge on any atom is -0.356 e. The zero-order valence-electron chi connectivity index (χ0n) is 14.7. The summed E-state index contributed by atoms with van der Waals surface area (Å²) in [6, 6.07) is 16.3. The van der Waals surface area contributed by atoms with E-state index in [0.29, 0.717) is 13.0 Å². The SMILES string of the molecule is CC(C)(C)c1ccc(CCC(=O)NCCc2cccc(Cl)c2)cc1. The molecule has 0 spiro atoms. The highest BCUT2D eigenvalue weighted by Gasteiger charge is 2.12. The Bertz CT molecular complexity index is 671. The molecule has 1 N–H and O–H groups in total. The first-order valence-corrected chi connectivity index (χ1v) is 8.83. The van der Waals surface area contributed by atoms with Crippen molar-refractivity contribution in [2.75, 3.05) is 6.54 Å². The fourth-order valence-electron chi connectivity index (χ4n) is 2.56. The van der Waals surface area contributed by atoms with E-state index in [9.17, 15) is 4.79 Å². The van der Waals surface area contributed by atoms with Crippen LogP contribution in [0.25, 0.3) is 0 Å². The van der Waals surface area contributed by atoms with Crippen LogP contribution in [0.4, 0.5) is 0 Å². The van der Waals surface area contributed by atoms with Crippen molar-refractivity contribution in [3.63, 3.8) is 0 Å². The van der Waals surface area contributed by atoms with E-state index in [-0.39, 0.29) is 11.3 Å². The van der Waals surface area contributed by atoms with E-state index in [2.05, 4.69) is 50.4 Å². The number of hydrogen-bond acceptors (Lipinski definition) is 1. The fraction of sp³-hybridized carbons (Fsp3) is 0.381. The zero-order valence-corrected chi connectivity index (χ0v) is 15.5. The van der Waals surface area contributed by atoms with Gasteiger partial charge < -0.3 is 5.32 Å². The molecule has 2 aromatic carbocycles. The lowest BCUT2D eigenvalue weighted by molar-refractivity contribution is -0.121. The van der Waals surface area contributed by atoms with Gasteiger partial charge in [-0.15, -0.1) is 0 Å². The Morgan fingerprint density at radius 3 is 2.33 bits per heavy atom. The minimum absolute atomic E-state index is 0.0944. The summed E-state index contributed by atoms with van der Waals surface area (Å²) < 4.78 is 0. The molecule has 128 valence electrons. The van der Waals surface area contributed by atoms with Crippen molar-refractivity contribution < 1.29 is 4.79 Å². The van der Waals surface area contributed by atoms with Crippen LogP contribution in [0.5, 0.6) is 0 Å². The Morgan fingerprint density at radius 2 is 1.71 bits per heavy atom. The smallest absolute Gasteiger partial charge is 0.220 e. The van der Waals surface area contributed by atoms with Crippen molar-refractivity contribution in [1.82, 2.24) is 5.32 Å². The number of nitrogens with one attached hydrogen (secondary N) is 1. The average Bonchev–Trinajstić information content (AvgIpc) is 2.52. The second-order valence-electron chi connectivity index (χ2n) is 7.18. The second-order valence-corrected chi connectivity index (χ2v) is 7.61. The number of carbonyl (C=O) groups is 1. The number of halogens is 1. The quantitative estimate of drug-likeness (QED) is 0.791. The molecule has 2 nitrogen and oxygen atoms in total. The lowest BCUT2D eigenvalue weighted by Crippen LogP contribution is -2.25. The van der Waals surface area contributed by atoms with Gasteiger partial charge in [0.2, 0.25) is 5.91 Å². The molecule has 0 aliphatic rings. The molecule has 0 unspecified atom stereocenters. The normalized spacial score (nSPS) is 11.3. The Morgan fingerprint density at radius 1 is 1.00 bits per heavy atom. The molecule has 24 heavy (non-hydrogen) atoms. The highest BCUT2D eigenvalue weighted by Crippen LogP contribution is 2.22. The molecule has 0 heterocycles. The maximum Gasteiger partial charge on any atom is 0.220 e. The van der Waals surface area contributed by atoms with Gasteiger partial charge in [0.05, 0.1) is 0 Å². The topological polar surface area (TPSA) is 29.1 Å². The van der Waals surface area contributed by atoms with Gasteiger partial charge in [-0.25, -0.2) is 0 Å². The van der Waals surface area contributed by atoms with Gasteiger partial charge in [-0.2, -0.15) is 0 Å². The van der Waals surface area contributed by atoms with Crippen LogP contribution < -0.4 is 5.32 Å². The number of hydrogen-bond donors (Lipinski definition) is 1. The monoisotopic (exact) mass is 343 g/mol. The predicted octanol–water partition coefficient (Wildman–Crippen LogP) is 4.93. The van der Waals surface area contributed by atoms with Crippen LogP contribution in [0.15, 0.2) is 48.5 Å². The van der Waals surface area contributed by atoms with E-state index < -0.39 is 0 Å². The molecule has 0 saturated heterocycles. The molecule has 0 aromatic heterocycles. The molecule has 3 heteroatoms. The molecule has 0 aliphatic heterocycles. The molecule has 0 atom stereocenters. The molecular weight excluding hydrogens is 318 g/mol. The number of amides is 1. The fourth-order valence-corrected chi connectivity index (χ4v) is 2.77. The Balaban J connectivity index is 1.73. The standard InChI is InChI=1S/C21H26ClNO/c1-21(2,3)18-10-7-16(8-11-18)9-12-20(24)23-14-13-17-5-4-6-19(22)15-17/h4-8,10-11,15H,9,12-14H2,1-3H3,(H,23,24). The first kappa shape index (κ1) is 18.5. The Kier molecular flexibility index (Phi) is 6.44. The van der Waals surface area contributed by atoms with Gasteiger partial charge in [-0.3, -0.25) is 4.79 Å². The lowest BCUT2D eigenvalue weighted by Gasteiger charge is -2.19. The number of carbonyl (C=O) groups excluding carboxylic acids is 1. The van der Waals surface area contributed by atoms with Crippen molar-refractivity contribution in [3.05, 3.63) is 70.2 Å². The molecule has 1 amide bonds. The second kappa shape index (κ2) is 8.34. The van der Waals surface area contributed by atoms with E-state index in [1.807, 2.05) is 24.3 Å². The first-order chi connectivity index (χ1) is 11.3. The molecular formula is C21H26ClNO. The minimum atomic E-state index is 0.0944. The molecule has 2 aromatic rings. The van der Waals surface area contributed by atoms with Crippen LogP contribution in [0.2, 0.25) is 5.02 Å². The van der Waals surface area contributed by atoms with Gasteiger partial charge in [0.15, 0.2) is 0 Å². The van der Waals surface area contributed by atoms with Gasteiger partial charge in [0, 0.05) is 18.0 Å². The van der Waals surface area contributed by atoms with Crippen molar-refractivity contribution in [3.8, 4) is 0 Å². The largest absolute Gasteiger partial charge is 0.356 e. The summed E-state index contributed by atoms with van der Waals surface area (Å²) in [5.74, 6) is 0.0944. The van der Waals surface area contributed by atoms with Crippen LogP contribution in [0, 0.1) is 0 Å². The highest BCUT2D eigenvalue weighted by molar-refractivity contribution is 6.30. The Labute approximate surface area is 150 Å². The maximum atomic E-state index is 12.0. The highest BCUT2D eigenvalue weighted by atomic mass is 35.5. The van der Waals surface area contributed by atoms with Crippen molar-refractivity contribution in [2.45, 2.75) is 45.4 Å². The van der Waals surface area contributed by atoms with E-state index in [1.165, 1.54) is 11.1 Å². The zero-order chi connectivity index (χ0) is 17.6. The van der Waals surface area contributed by atoms with Gasteiger partial charge in [-0.1, -0.05) is 68.8 Å². The summed E-state index contributed by atoms with van der Waals surface area (Å²) in [6.45, 7) is 7.25. The van der Waals surface area contributed by atoms with Crippen LogP contribution in [0.3, 0.4) is 0 Å². The van der Waals surface area contributed by atoms with Gasteiger partial charge in [0.1, 0.15) is 0 Å². The number of aryl methyl sites for hydroxylation is 1. The molecule has 0 aliphatic carbocycles. The third-order valence-corrected chi connectivity index (χ3v) is 4.32. The summed E-state index contributed by atoms with van der Waals surface area (Å²) >= 11 is 5.96. The third kappa shape index (κ3) is 6.01. The summed E-state index contributed by atoms with van der Waals surface area (Å²) in [5, 5.41) is 3.71. The van der Waals surface area contributed by atoms with E-state index in [4.69, 9.17) is 11.6 Å². The molecule has 0 fully saturated rings. The van der Waals surface area contributed by atoms with Crippen molar-refractivity contribution >= 4 is 17.5 Å². The lowest BCUT2D eigenvalue weighted by atomic mass is 9.86. The van der Waals surface area contributed by atoms with Gasteiger partial charge >= 0.3 is 0 Å². The van der Waals surface area contributed by atoms with Gasteiger partial charge in [0.25, 0.3) is 0 Å². The number of rotatable bonds is 6. The molecule has 0 saturated carbocycles. The van der Waals surface area contributed by atoms with Gasteiger partial charge in [-0.05, 0) is 47.1 Å². The Hall–Kier alpha value is -1.80. The maximum absolute atomic E-state index is 12.0. The average molecular weight is 344 g/mol. The summed E-state index contributed by atoms with van der Waals surface area (Å²) in [7, 11) is 0. The van der Waals surface area contributed by atoms with E-state index in [1.54, 1.807) is 0 Å². The molecule has 0 radical (unpaired) electrons. The molecule has 0 bridgehead atoms. The predicted molar refractivity (Wildman–Crippen MR) is 102 cm³/mol. The first-order valence-electron chi connectivity index (χ1n) is 8.45. The van der Waals surface area contributed by atoms with Crippen molar-refractivity contribution in [2.24, 2.45) is 0 Å². The van der Waals surface area contributed by atoms with E-state index in [0.717, 1.165) is 23.4 Å².